The van der Waals surface area contributed by atoms with Crippen molar-refractivity contribution in [2.75, 3.05) is 59.7 Å². The molecule has 1 aliphatic heterocycles. The second-order valence-corrected chi connectivity index (χ2v) is 5.23. The predicted octanol–water partition coefficient (Wildman–Crippen LogP) is -0.160. The van der Waals surface area contributed by atoms with Crippen LogP contribution in [0, 0.1) is 0 Å². The molecule has 1 heterocycles. The van der Waals surface area contributed by atoms with Gasteiger partial charge in [-0.15, -0.1) is 0 Å². The number of aliphatic hydroxyl groups is 1. The van der Waals surface area contributed by atoms with E-state index in [0.717, 1.165) is 39.0 Å². The summed E-state index contributed by atoms with van der Waals surface area (Å²) in [6.07, 6.45) is 2.91. The third-order valence-electron chi connectivity index (χ3n) is 3.45. The van der Waals surface area contributed by atoms with Gasteiger partial charge in [0.15, 0.2) is 0 Å². The van der Waals surface area contributed by atoms with E-state index in [4.69, 9.17) is 19.9 Å². The smallest absolute Gasteiger partial charge is 0.0900 e. The Balaban J connectivity index is 2.03. The molecule has 120 valence electrons. The van der Waals surface area contributed by atoms with E-state index in [-0.39, 0.29) is 0 Å². The number of piperidine rings is 1. The van der Waals surface area contributed by atoms with Crippen LogP contribution in [0.25, 0.3) is 0 Å². The molecule has 1 rings (SSSR count). The second kappa shape index (κ2) is 11.4. The Labute approximate surface area is 122 Å². The summed E-state index contributed by atoms with van der Waals surface area (Å²) in [6.45, 7) is 5.54. The minimum Gasteiger partial charge on any atom is -0.389 e. The largest absolute Gasteiger partial charge is 0.389 e. The summed E-state index contributed by atoms with van der Waals surface area (Å²) in [6, 6.07) is 0. The fraction of sp³-hybridized carbons (Fsp3) is 1.00. The van der Waals surface area contributed by atoms with Gasteiger partial charge in [0.2, 0.25) is 0 Å². The molecule has 6 nitrogen and oxygen atoms in total. The molecule has 1 atom stereocenters. The maximum Gasteiger partial charge on any atom is 0.0900 e. The third-order valence-corrected chi connectivity index (χ3v) is 3.45. The number of likely N-dealkylation sites (tertiary alicyclic amines) is 1. The molecule has 0 aromatic rings. The first kappa shape index (κ1) is 17.8. The van der Waals surface area contributed by atoms with E-state index in [1.165, 1.54) is 0 Å². The average molecular weight is 290 g/mol. The van der Waals surface area contributed by atoms with Gasteiger partial charge >= 0.3 is 0 Å². The summed E-state index contributed by atoms with van der Waals surface area (Å²) >= 11 is 0. The first-order valence-electron chi connectivity index (χ1n) is 7.55. The number of nitrogens with zero attached hydrogens (tertiary/aromatic N) is 1. The number of hydrogen-bond donors (Lipinski definition) is 2. The summed E-state index contributed by atoms with van der Waals surface area (Å²) in [5.74, 6) is 0. The fourth-order valence-electron chi connectivity index (χ4n) is 2.30. The number of methoxy groups -OCH3 is 1. The highest BCUT2D eigenvalue weighted by Crippen LogP contribution is 2.14. The van der Waals surface area contributed by atoms with Crippen LogP contribution >= 0.6 is 0 Å². The van der Waals surface area contributed by atoms with Crippen molar-refractivity contribution < 1.29 is 19.3 Å². The first-order valence-corrected chi connectivity index (χ1v) is 7.55. The van der Waals surface area contributed by atoms with E-state index in [9.17, 15) is 5.11 Å². The van der Waals surface area contributed by atoms with Gasteiger partial charge < -0.3 is 30.0 Å². The Morgan fingerprint density at radius 1 is 1.25 bits per heavy atom. The molecule has 0 aliphatic carbocycles. The van der Waals surface area contributed by atoms with Crippen LogP contribution in [-0.2, 0) is 14.2 Å². The molecule has 1 aliphatic rings. The summed E-state index contributed by atoms with van der Waals surface area (Å²) < 4.78 is 16.0. The highest BCUT2D eigenvalue weighted by Gasteiger charge is 2.21. The van der Waals surface area contributed by atoms with Crippen LogP contribution in [0.3, 0.4) is 0 Å². The zero-order valence-corrected chi connectivity index (χ0v) is 12.6. The van der Waals surface area contributed by atoms with Crippen molar-refractivity contribution in [3.63, 3.8) is 0 Å². The molecule has 0 aromatic carbocycles. The van der Waals surface area contributed by atoms with Gasteiger partial charge in [-0.3, -0.25) is 0 Å². The van der Waals surface area contributed by atoms with Gasteiger partial charge in [0.05, 0.1) is 32.0 Å². The van der Waals surface area contributed by atoms with Crippen LogP contribution in [0.1, 0.15) is 19.3 Å². The second-order valence-electron chi connectivity index (χ2n) is 5.23. The highest BCUT2D eigenvalue weighted by atomic mass is 16.5. The maximum atomic E-state index is 9.89. The Hall–Kier alpha value is -0.240. The van der Waals surface area contributed by atoms with Crippen LogP contribution < -0.4 is 5.73 Å². The topological polar surface area (TPSA) is 77.2 Å². The molecular formula is C14H30N2O4. The number of aliphatic hydroxyl groups excluding tert-OH is 1. The molecule has 0 spiro atoms. The first-order chi connectivity index (χ1) is 9.76. The summed E-state index contributed by atoms with van der Waals surface area (Å²) in [4.78, 5) is 2.27. The normalized spacial score (nSPS) is 19.4. The molecule has 1 unspecified atom stereocenters. The van der Waals surface area contributed by atoms with Crippen molar-refractivity contribution in [3.8, 4) is 0 Å². The number of nitrogens with two attached hydrogens (primary N) is 1. The lowest BCUT2D eigenvalue weighted by molar-refractivity contribution is -0.0232. The molecule has 20 heavy (non-hydrogen) atoms. The van der Waals surface area contributed by atoms with Crippen molar-refractivity contribution in [3.05, 3.63) is 0 Å². The molecule has 0 radical (unpaired) electrons. The molecule has 0 saturated carbocycles. The molecule has 0 aromatic heterocycles. The molecule has 3 N–H and O–H groups in total. The summed E-state index contributed by atoms with van der Waals surface area (Å²) in [5.41, 5.74) is 5.44. The average Bonchev–Trinajstić information content (AvgIpc) is 2.46. The van der Waals surface area contributed by atoms with Gasteiger partial charge in [0.25, 0.3) is 0 Å². The lowest BCUT2D eigenvalue weighted by atomic mass is 10.1. The summed E-state index contributed by atoms with van der Waals surface area (Å²) in [7, 11) is 1.64. The Morgan fingerprint density at radius 2 is 2.00 bits per heavy atom. The zero-order valence-electron chi connectivity index (χ0n) is 12.6. The van der Waals surface area contributed by atoms with Crippen LogP contribution in [0.4, 0.5) is 0 Å². The fourth-order valence-corrected chi connectivity index (χ4v) is 2.30. The van der Waals surface area contributed by atoms with Gasteiger partial charge in [0.1, 0.15) is 0 Å². The van der Waals surface area contributed by atoms with Gasteiger partial charge in [-0.2, -0.15) is 0 Å². The van der Waals surface area contributed by atoms with Gasteiger partial charge in [-0.05, 0) is 25.8 Å². The quantitative estimate of drug-likeness (QED) is 0.515. The number of rotatable bonds is 11. The predicted molar refractivity (Wildman–Crippen MR) is 77.8 cm³/mol. The summed E-state index contributed by atoms with van der Waals surface area (Å²) in [5, 5.41) is 9.89. The van der Waals surface area contributed by atoms with Crippen molar-refractivity contribution >= 4 is 0 Å². The van der Waals surface area contributed by atoms with Gasteiger partial charge in [-0.1, -0.05) is 0 Å². The van der Waals surface area contributed by atoms with Crippen LogP contribution in [0.15, 0.2) is 0 Å². The minimum atomic E-state index is -0.429. The number of hydrogen-bond acceptors (Lipinski definition) is 6. The van der Waals surface area contributed by atoms with E-state index in [0.29, 0.717) is 39.0 Å². The molecule has 0 amide bonds. The highest BCUT2D eigenvalue weighted by molar-refractivity contribution is 4.74. The number of ether oxygens (including phenoxy) is 3. The van der Waals surface area contributed by atoms with Crippen LogP contribution in [-0.4, -0.2) is 81.9 Å². The Morgan fingerprint density at radius 3 is 2.65 bits per heavy atom. The van der Waals surface area contributed by atoms with Crippen LogP contribution in [0.5, 0.6) is 0 Å². The monoisotopic (exact) mass is 290 g/mol. The lowest BCUT2D eigenvalue weighted by Crippen LogP contribution is -2.42. The lowest BCUT2D eigenvalue weighted by Gasteiger charge is -2.33. The van der Waals surface area contributed by atoms with Crippen LogP contribution in [0.2, 0.25) is 0 Å². The van der Waals surface area contributed by atoms with E-state index in [1.807, 2.05) is 0 Å². The maximum absolute atomic E-state index is 9.89. The van der Waals surface area contributed by atoms with E-state index >= 15 is 0 Å². The molecule has 6 heteroatoms. The van der Waals surface area contributed by atoms with Crippen molar-refractivity contribution in [1.82, 2.24) is 4.90 Å². The van der Waals surface area contributed by atoms with Gasteiger partial charge in [0, 0.05) is 33.4 Å². The van der Waals surface area contributed by atoms with E-state index in [2.05, 4.69) is 4.90 Å². The Bertz CT molecular complexity index is 223. The zero-order chi connectivity index (χ0) is 14.6. The van der Waals surface area contributed by atoms with Crippen molar-refractivity contribution in [2.45, 2.75) is 31.5 Å². The third kappa shape index (κ3) is 8.14. The SMILES string of the molecule is COCCOCC(O)CN1CCC(OCCCN)CC1. The Kier molecular flexibility index (Phi) is 10.2. The standard InChI is InChI=1S/C14H30N2O4/c1-18-9-10-19-12-13(17)11-16-6-3-14(4-7-16)20-8-2-5-15/h13-14,17H,2-12,15H2,1H3. The molecule has 1 saturated heterocycles. The van der Waals surface area contributed by atoms with E-state index in [1.54, 1.807) is 7.11 Å². The van der Waals surface area contributed by atoms with Gasteiger partial charge in [-0.25, -0.2) is 0 Å². The van der Waals surface area contributed by atoms with Crippen molar-refractivity contribution in [1.29, 1.82) is 0 Å². The van der Waals surface area contributed by atoms with E-state index < -0.39 is 6.10 Å². The van der Waals surface area contributed by atoms with Crippen molar-refractivity contribution in [2.24, 2.45) is 5.73 Å². The molecule has 1 fully saturated rings. The molecular weight excluding hydrogens is 260 g/mol. The molecule has 0 bridgehead atoms. The minimum absolute atomic E-state index is 0.355. The number of β-amino-alcohol motifs (C(OH)–C–C–N with tert-alkyl or cyclic N) is 1.